The number of nitrogens with one attached hydrogen (secondary N) is 2. The van der Waals surface area contributed by atoms with Crippen molar-refractivity contribution in [1.82, 2.24) is 9.97 Å². The van der Waals surface area contributed by atoms with Crippen LogP contribution in [0.25, 0.3) is 0 Å². The van der Waals surface area contributed by atoms with Crippen molar-refractivity contribution in [2.24, 2.45) is 0 Å². The number of hydrogen-bond donors (Lipinski definition) is 2. The van der Waals surface area contributed by atoms with E-state index >= 15 is 0 Å². The van der Waals surface area contributed by atoms with Gasteiger partial charge in [0.05, 0.1) is 11.3 Å². The first-order valence-corrected chi connectivity index (χ1v) is 6.63. The Bertz CT molecular complexity index is 627. The minimum Gasteiger partial charge on any atom is -0.377 e. The molecule has 0 saturated carbocycles. The molecule has 0 unspecified atom stereocenters. The van der Waals surface area contributed by atoms with E-state index in [0.717, 1.165) is 12.4 Å². The van der Waals surface area contributed by atoms with Crippen LogP contribution in [-0.2, 0) is 11.3 Å². The molecule has 0 aliphatic carbocycles. The molecular weight excluding hydrogens is 266 g/mol. The van der Waals surface area contributed by atoms with Crippen LogP contribution in [0.3, 0.4) is 0 Å². The molecule has 2 rings (SSSR count). The molecule has 6 heteroatoms. The van der Waals surface area contributed by atoms with Crippen LogP contribution in [-0.4, -0.2) is 23.6 Å². The van der Waals surface area contributed by atoms with Crippen molar-refractivity contribution in [2.45, 2.75) is 13.5 Å². The third kappa shape index (κ3) is 3.91. The van der Waals surface area contributed by atoms with Crippen LogP contribution in [0.4, 0.5) is 17.3 Å². The molecule has 1 aromatic carbocycles. The van der Waals surface area contributed by atoms with Gasteiger partial charge in [-0.15, -0.1) is 0 Å². The molecule has 0 amide bonds. The van der Waals surface area contributed by atoms with E-state index in [0.29, 0.717) is 29.5 Å². The van der Waals surface area contributed by atoms with Crippen molar-refractivity contribution in [3.05, 3.63) is 41.7 Å². The second-order valence-corrected chi connectivity index (χ2v) is 4.30. The average Bonchev–Trinajstić information content (AvgIpc) is 2.48. The summed E-state index contributed by atoms with van der Waals surface area (Å²) >= 11 is 0. The lowest BCUT2D eigenvalue weighted by atomic mass is 10.2. The highest BCUT2D eigenvalue weighted by molar-refractivity contribution is 5.65. The third-order valence-electron chi connectivity index (χ3n) is 2.71. The van der Waals surface area contributed by atoms with Crippen LogP contribution in [0.1, 0.15) is 18.3 Å². The Hall–Kier alpha value is -2.65. The molecule has 0 aliphatic heterocycles. The van der Waals surface area contributed by atoms with Gasteiger partial charge in [0.15, 0.2) is 5.82 Å². The van der Waals surface area contributed by atoms with Crippen molar-refractivity contribution >= 4 is 17.3 Å². The zero-order valence-corrected chi connectivity index (χ0v) is 12.1. The van der Waals surface area contributed by atoms with Gasteiger partial charge < -0.3 is 15.4 Å². The fraction of sp³-hybridized carbons (Fsp3) is 0.267. The largest absolute Gasteiger partial charge is 0.377 e. The van der Waals surface area contributed by atoms with E-state index in [1.807, 2.05) is 25.1 Å². The van der Waals surface area contributed by atoms with Crippen molar-refractivity contribution in [2.75, 3.05) is 24.3 Å². The van der Waals surface area contributed by atoms with Crippen molar-refractivity contribution in [3.8, 4) is 6.07 Å². The van der Waals surface area contributed by atoms with Crippen molar-refractivity contribution in [3.63, 3.8) is 0 Å². The third-order valence-corrected chi connectivity index (χ3v) is 2.71. The summed E-state index contributed by atoms with van der Waals surface area (Å²) in [5, 5.41) is 15.4. The Balaban J connectivity index is 2.32. The molecule has 108 valence electrons. The number of aromatic nitrogens is 2. The topological polar surface area (TPSA) is 82.9 Å². The highest BCUT2D eigenvalue weighted by atomic mass is 16.5. The molecule has 0 spiro atoms. The summed E-state index contributed by atoms with van der Waals surface area (Å²) < 4.78 is 5.08. The van der Waals surface area contributed by atoms with E-state index in [1.165, 1.54) is 0 Å². The number of methoxy groups -OCH3 is 1. The SMILES string of the molecule is CCNc1cc(Nc2ccccc2C#N)nc(COC)n1. The number of nitriles is 1. The zero-order valence-electron chi connectivity index (χ0n) is 12.1. The van der Waals surface area contributed by atoms with Crippen LogP contribution in [0.15, 0.2) is 30.3 Å². The average molecular weight is 283 g/mol. The van der Waals surface area contributed by atoms with Gasteiger partial charge in [-0.05, 0) is 19.1 Å². The predicted molar refractivity (Wildman–Crippen MR) is 81.3 cm³/mol. The normalized spacial score (nSPS) is 9.95. The quantitative estimate of drug-likeness (QED) is 0.848. The summed E-state index contributed by atoms with van der Waals surface area (Å²) in [4.78, 5) is 8.72. The molecule has 0 atom stereocenters. The predicted octanol–water partition coefficient (Wildman–Crippen LogP) is 2.67. The van der Waals surface area contributed by atoms with Gasteiger partial charge in [-0.3, -0.25) is 0 Å². The Morgan fingerprint density at radius 2 is 2.00 bits per heavy atom. The number of para-hydroxylation sites is 1. The summed E-state index contributed by atoms with van der Waals surface area (Å²) in [5.41, 5.74) is 1.28. The molecule has 0 aliphatic rings. The number of hydrogen-bond acceptors (Lipinski definition) is 6. The van der Waals surface area contributed by atoms with Gasteiger partial charge >= 0.3 is 0 Å². The molecule has 21 heavy (non-hydrogen) atoms. The van der Waals surface area contributed by atoms with E-state index in [9.17, 15) is 0 Å². The Labute approximate surface area is 123 Å². The van der Waals surface area contributed by atoms with Crippen LogP contribution in [0.5, 0.6) is 0 Å². The maximum atomic E-state index is 9.12. The minimum absolute atomic E-state index is 0.327. The molecule has 2 aromatic rings. The molecule has 6 nitrogen and oxygen atoms in total. The fourth-order valence-corrected chi connectivity index (χ4v) is 1.85. The smallest absolute Gasteiger partial charge is 0.158 e. The molecule has 1 heterocycles. The van der Waals surface area contributed by atoms with E-state index in [4.69, 9.17) is 10.00 Å². The molecule has 2 N–H and O–H groups in total. The van der Waals surface area contributed by atoms with Gasteiger partial charge in [-0.1, -0.05) is 12.1 Å². The first-order chi connectivity index (χ1) is 10.3. The number of ether oxygens (including phenoxy) is 1. The zero-order chi connectivity index (χ0) is 15.1. The van der Waals surface area contributed by atoms with Gasteiger partial charge in [0.1, 0.15) is 24.3 Å². The number of benzene rings is 1. The molecule has 0 saturated heterocycles. The van der Waals surface area contributed by atoms with E-state index < -0.39 is 0 Å². The van der Waals surface area contributed by atoms with Crippen LogP contribution in [0.2, 0.25) is 0 Å². The summed E-state index contributed by atoms with van der Waals surface area (Å²) in [7, 11) is 1.60. The van der Waals surface area contributed by atoms with Gasteiger partial charge in [0.25, 0.3) is 0 Å². The van der Waals surface area contributed by atoms with Gasteiger partial charge in [-0.25, -0.2) is 9.97 Å². The lowest BCUT2D eigenvalue weighted by Gasteiger charge is -2.11. The second-order valence-electron chi connectivity index (χ2n) is 4.30. The van der Waals surface area contributed by atoms with Crippen molar-refractivity contribution < 1.29 is 4.74 Å². The molecule has 0 bridgehead atoms. The van der Waals surface area contributed by atoms with Crippen LogP contribution < -0.4 is 10.6 Å². The standard InChI is InChI=1S/C15H17N5O/c1-3-17-13-8-14(20-15(19-13)10-21-2)18-12-7-5-4-6-11(12)9-16/h4-8H,3,10H2,1-2H3,(H2,17,18,19,20). The van der Waals surface area contributed by atoms with Crippen molar-refractivity contribution in [1.29, 1.82) is 5.26 Å². The summed E-state index contributed by atoms with van der Waals surface area (Å²) in [6.07, 6.45) is 0. The highest BCUT2D eigenvalue weighted by Crippen LogP contribution is 2.20. The number of nitrogens with zero attached hydrogens (tertiary/aromatic N) is 3. The summed E-state index contributed by atoms with van der Waals surface area (Å²) in [6.45, 7) is 3.08. The first kappa shape index (κ1) is 14.8. The maximum Gasteiger partial charge on any atom is 0.158 e. The van der Waals surface area contributed by atoms with Gasteiger partial charge in [0, 0.05) is 19.7 Å². The van der Waals surface area contributed by atoms with Gasteiger partial charge in [0.2, 0.25) is 0 Å². The monoisotopic (exact) mass is 283 g/mol. The first-order valence-electron chi connectivity index (χ1n) is 6.63. The number of rotatable bonds is 6. The lowest BCUT2D eigenvalue weighted by Crippen LogP contribution is -2.07. The van der Waals surface area contributed by atoms with E-state index in [2.05, 4.69) is 26.7 Å². The van der Waals surface area contributed by atoms with Gasteiger partial charge in [-0.2, -0.15) is 5.26 Å². The molecular formula is C15H17N5O. The minimum atomic E-state index is 0.327. The second kappa shape index (κ2) is 7.22. The van der Waals surface area contributed by atoms with Crippen LogP contribution >= 0.6 is 0 Å². The molecule has 0 radical (unpaired) electrons. The Kier molecular flexibility index (Phi) is 5.07. The Morgan fingerprint density at radius 3 is 2.71 bits per heavy atom. The lowest BCUT2D eigenvalue weighted by molar-refractivity contribution is 0.178. The van der Waals surface area contributed by atoms with E-state index in [-0.39, 0.29) is 0 Å². The highest BCUT2D eigenvalue weighted by Gasteiger charge is 2.07. The molecule has 0 fully saturated rings. The number of anilines is 3. The maximum absolute atomic E-state index is 9.12. The summed E-state index contributed by atoms with van der Waals surface area (Å²) in [5.74, 6) is 1.92. The van der Waals surface area contributed by atoms with Crippen LogP contribution in [0, 0.1) is 11.3 Å². The summed E-state index contributed by atoms with van der Waals surface area (Å²) in [6, 6.07) is 11.2. The van der Waals surface area contributed by atoms with E-state index in [1.54, 1.807) is 19.2 Å². The molecule has 1 aromatic heterocycles. The Morgan fingerprint density at radius 1 is 1.24 bits per heavy atom. The fourth-order valence-electron chi connectivity index (χ4n) is 1.85.